The van der Waals surface area contributed by atoms with Crippen LogP contribution in [0.25, 0.3) is 11.3 Å². The van der Waals surface area contributed by atoms with E-state index in [1.807, 2.05) is 13.0 Å². The summed E-state index contributed by atoms with van der Waals surface area (Å²) in [6, 6.07) is 11.7. The molecule has 0 bridgehead atoms. The van der Waals surface area contributed by atoms with E-state index in [9.17, 15) is 4.79 Å². The average molecular weight is 225 g/mol. The van der Waals surface area contributed by atoms with E-state index in [0.717, 1.165) is 11.4 Å². The van der Waals surface area contributed by atoms with Gasteiger partial charge in [0, 0.05) is 29.1 Å². The summed E-state index contributed by atoms with van der Waals surface area (Å²) in [6.45, 7) is 1.92. The van der Waals surface area contributed by atoms with Gasteiger partial charge in [0.15, 0.2) is 5.43 Å². The second kappa shape index (κ2) is 3.88. The zero-order valence-corrected chi connectivity index (χ0v) is 9.86. The molecule has 2 heteroatoms. The maximum atomic E-state index is 11.6. The lowest BCUT2D eigenvalue weighted by molar-refractivity contribution is 1.11. The highest BCUT2D eigenvalue weighted by molar-refractivity contribution is 5.65. The Bertz CT molecular complexity index is 608. The number of aromatic amines is 1. The second-order valence-electron chi connectivity index (χ2n) is 4.77. The molecule has 86 valence electrons. The van der Waals surface area contributed by atoms with Crippen molar-refractivity contribution in [1.29, 1.82) is 0 Å². The van der Waals surface area contributed by atoms with E-state index in [2.05, 4.69) is 23.2 Å². The second-order valence-corrected chi connectivity index (χ2v) is 4.77. The molecule has 1 aliphatic rings. The summed E-state index contributed by atoms with van der Waals surface area (Å²) in [4.78, 5) is 14.8. The molecule has 1 fully saturated rings. The number of pyridine rings is 1. The third-order valence-corrected chi connectivity index (χ3v) is 3.25. The van der Waals surface area contributed by atoms with Gasteiger partial charge in [0.1, 0.15) is 0 Å². The summed E-state index contributed by atoms with van der Waals surface area (Å²) in [5.41, 5.74) is 4.47. The van der Waals surface area contributed by atoms with Crippen LogP contribution in [0.1, 0.15) is 30.0 Å². The SMILES string of the molecule is Cc1cc(=O)cc(-c2ccccc2C2CC2)[nH]1. The molecular weight excluding hydrogens is 210 g/mol. The Kier molecular flexibility index (Phi) is 2.36. The van der Waals surface area contributed by atoms with Gasteiger partial charge in [0.25, 0.3) is 0 Å². The van der Waals surface area contributed by atoms with Crippen LogP contribution >= 0.6 is 0 Å². The van der Waals surface area contributed by atoms with Gasteiger partial charge in [-0.15, -0.1) is 0 Å². The van der Waals surface area contributed by atoms with Crippen LogP contribution in [0.3, 0.4) is 0 Å². The molecule has 0 unspecified atom stereocenters. The predicted octanol–water partition coefficient (Wildman–Crippen LogP) is 3.23. The standard InChI is InChI=1S/C15H15NO/c1-10-8-12(17)9-15(16-10)14-5-3-2-4-13(14)11-6-7-11/h2-5,8-9,11H,6-7H2,1H3,(H,16,17). The fourth-order valence-electron chi connectivity index (χ4n) is 2.32. The van der Waals surface area contributed by atoms with E-state index in [1.54, 1.807) is 12.1 Å². The lowest BCUT2D eigenvalue weighted by atomic mass is 10.00. The Labute approximate surface area is 100 Å². The Morgan fingerprint density at radius 1 is 1.18 bits per heavy atom. The molecule has 1 heterocycles. The smallest absolute Gasteiger partial charge is 0.182 e. The van der Waals surface area contributed by atoms with E-state index in [-0.39, 0.29) is 5.43 Å². The maximum absolute atomic E-state index is 11.6. The first-order valence-electron chi connectivity index (χ1n) is 6.04. The van der Waals surface area contributed by atoms with Gasteiger partial charge in [-0.25, -0.2) is 0 Å². The van der Waals surface area contributed by atoms with Crippen LogP contribution in [0, 0.1) is 6.92 Å². The number of hydrogen-bond acceptors (Lipinski definition) is 1. The quantitative estimate of drug-likeness (QED) is 0.836. The Morgan fingerprint density at radius 3 is 2.65 bits per heavy atom. The molecule has 0 spiro atoms. The van der Waals surface area contributed by atoms with Gasteiger partial charge in [0.05, 0.1) is 0 Å². The normalized spacial score (nSPS) is 14.9. The van der Waals surface area contributed by atoms with Crippen molar-refractivity contribution in [3.05, 3.63) is 57.9 Å². The van der Waals surface area contributed by atoms with Crippen LogP contribution in [-0.4, -0.2) is 4.98 Å². The molecular formula is C15H15NO. The third kappa shape index (κ3) is 2.03. The van der Waals surface area contributed by atoms with Crippen molar-refractivity contribution in [3.63, 3.8) is 0 Å². The van der Waals surface area contributed by atoms with E-state index in [0.29, 0.717) is 5.92 Å². The highest BCUT2D eigenvalue weighted by Gasteiger charge is 2.26. The van der Waals surface area contributed by atoms with E-state index in [4.69, 9.17) is 0 Å². The van der Waals surface area contributed by atoms with Crippen molar-refractivity contribution in [2.24, 2.45) is 0 Å². The first kappa shape index (κ1) is 10.3. The number of aromatic nitrogens is 1. The molecule has 0 aliphatic heterocycles. The van der Waals surface area contributed by atoms with Crippen molar-refractivity contribution in [2.45, 2.75) is 25.7 Å². The summed E-state index contributed by atoms with van der Waals surface area (Å²) in [6.07, 6.45) is 2.54. The van der Waals surface area contributed by atoms with Crippen molar-refractivity contribution >= 4 is 0 Å². The van der Waals surface area contributed by atoms with Crippen LogP contribution in [0.4, 0.5) is 0 Å². The number of hydrogen-bond donors (Lipinski definition) is 1. The van der Waals surface area contributed by atoms with Crippen LogP contribution in [0.2, 0.25) is 0 Å². The number of nitrogens with one attached hydrogen (secondary N) is 1. The van der Waals surface area contributed by atoms with E-state index in [1.165, 1.54) is 24.0 Å². The molecule has 0 radical (unpaired) electrons. The minimum absolute atomic E-state index is 0.0712. The molecule has 3 rings (SSSR count). The fraction of sp³-hybridized carbons (Fsp3) is 0.267. The van der Waals surface area contributed by atoms with Crippen LogP contribution in [-0.2, 0) is 0 Å². The number of H-pyrrole nitrogens is 1. The van der Waals surface area contributed by atoms with Crippen molar-refractivity contribution in [1.82, 2.24) is 4.98 Å². The Morgan fingerprint density at radius 2 is 1.94 bits per heavy atom. The zero-order chi connectivity index (χ0) is 11.8. The zero-order valence-electron chi connectivity index (χ0n) is 9.86. The molecule has 2 nitrogen and oxygen atoms in total. The van der Waals surface area contributed by atoms with Crippen LogP contribution in [0.15, 0.2) is 41.2 Å². The van der Waals surface area contributed by atoms with Gasteiger partial charge in [-0.2, -0.15) is 0 Å². The van der Waals surface area contributed by atoms with Gasteiger partial charge in [-0.05, 0) is 31.2 Å². The third-order valence-electron chi connectivity index (χ3n) is 3.25. The lowest BCUT2D eigenvalue weighted by Crippen LogP contribution is -2.02. The Balaban J connectivity index is 2.17. The molecule has 1 aromatic carbocycles. The van der Waals surface area contributed by atoms with E-state index >= 15 is 0 Å². The van der Waals surface area contributed by atoms with Crippen LogP contribution in [0.5, 0.6) is 0 Å². The monoisotopic (exact) mass is 225 g/mol. The highest BCUT2D eigenvalue weighted by atomic mass is 16.1. The molecule has 0 atom stereocenters. The average Bonchev–Trinajstić information content (AvgIpc) is 3.11. The van der Waals surface area contributed by atoms with Gasteiger partial charge >= 0.3 is 0 Å². The number of benzene rings is 1. The first-order valence-corrected chi connectivity index (χ1v) is 6.04. The van der Waals surface area contributed by atoms with Gasteiger partial charge < -0.3 is 4.98 Å². The minimum Gasteiger partial charge on any atom is -0.358 e. The summed E-state index contributed by atoms with van der Waals surface area (Å²) in [7, 11) is 0. The largest absolute Gasteiger partial charge is 0.358 e. The molecule has 0 amide bonds. The molecule has 1 aromatic heterocycles. The molecule has 17 heavy (non-hydrogen) atoms. The van der Waals surface area contributed by atoms with Gasteiger partial charge in [0.2, 0.25) is 0 Å². The molecule has 0 saturated heterocycles. The summed E-state index contributed by atoms with van der Waals surface area (Å²) < 4.78 is 0. The molecule has 1 N–H and O–H groups in total. The fourth-order valence-corrected chi connectivity index (χ4v) is 2.32. The molecule has 2 aromatic rings. The van der Waals surface area contributed by atoms with Crippen molar-refractivity contribution in [2.75, 3.05) is 0 Å². The number of aryl methyl sites for hydroxylation is 1. The highest BCUT2D eigenvalue weighted by Crippen LogP contribution is 2.43. The summed E-state index contributed by atoms with van der Waals surface area (Å²) >= 11 is 0. The van der Waals surface area contributed by atoms with Crippen LogP contribution < -0.4 is 5.43 Å². The van der Waals surface area contributed by atoms with Crippen molar-refractivity contribution in [3.8, 4) is 11.3 Å². The minimum atomic E-state index is 0.0712. The van der Waals surface area contributed by atoms with Gasteiger partial charge in [-0.1, -0.05) is 24.3 Å². The van der Waals surface area contributed by atoms with Crippen molar-refractivity contribution < 1.29 is 0 Å². The lowest BCUT2D eigenvalue weighted by Gasteiger charge is -2.09. The molecule has 1 aliphatic carbocycles. The Hall–Kier alpha value is -1.83. The summed E-state index contributed by atoms with van der Waals surface area (Å²) in [5.74, 6) is 0.690. The first-order chi connectivity index (χ1) is 8.24. The number of rotatable bonds is 2. The molecule has 1 saturated carbocycles. The summed E-state index contributed by atoms with van der Waals surface area (Å²) in [5, 5.41) is 0. The predicted molar refractivity (Wildman–Crippen MR) is 69.2 cm³/mol. The van der Waals surface area contributed by atoms with Gasteiger partial charge in [-0.3, -0.25) is 4.79 Å². The maximum Gasteiger partial charge on any atom is 0.182 e. The topological polar surface area (TPSA) is 32.9 Å². The van der Waals surface area contributed by atoms with E-state index < -0.39 is 0 Å².